The van der Waals surface area contributed by atoms with Gasteiger partial charge in [-0.25, -0.2) is 19.1 Å². The van der Waals surface area contributed by atoms with E-state index in [0.29, 0.717) is 5.65 Å². The highest BCUT2D eigenvalue weighted by molar-refractivity contribution is 5.65. The summed E-state index contributed by atoms with van der Waals surface area (Å²) in [5.74, 6) is 0.458. The molecule has 0 saturated heterocycles. The van der Waals surface area contributed by atoms with E-state index in [4.69, 9.17) is 9.63 Å². The van der Waals surface area contributed by atoms with E-state index < -0.39 is 17.8 Å². The third kappa shape index (κ3) is 2.14. The van der Waals surface area contributed by atoms with Gasteiger partial charge < -0.3 is 14.9 Å². The first-order chi connectivity index (χ1) is 10.1. The number of rotatable bonds is 3. The highest BCUT2D eigenvalue weighted by Crippen LogP contribution is 2.14. The third-order valence-electron chi connectivity index (χ3n) is 2.96. The van der Waals surface area contributed by atoms with Crippen LogP contribution in [-0.4, -0.2) is 30.3 Å². The van der Waals surface area contributed by atoms with Crippen LogP contribution in [0.2, 0.25) is 0 Å². The van der Waals surface area contributed by atoms with Gasteiger partial charge in [-0.05, 0) is 19.1 Å². The van der Waals surface area contributed by atoms with Gasteiger partial charge in [-0.3, -0.25) is 4.40 Å². The van der Waals surface area contributed by atoms with Crippen molar-refractivity contribution in [3.05, 3.63) is 47.0 Å². The average molecular weight is 289 g/mol. The number of nitrogens with one attached hydrogen (secondary N) is 1. The van der Waals surface area contributed by atoms with Gasteiger partial charge >= 0.3 is 11.8 Å². The summed E-state index contributed by atoms with van der Waals surface area (Å²) in [4.78, 5) is 27.7. The Morgan fingerprint density at radius 2 is 2.29 bits per heavy atom. The van der Waals surface area contributed by atoms with Gasteiger partial charge in [0.1, 0.15) is 17.7 Å². The van der Waals surface area contributed by atoms with E-state index in [2.05, 4.69) is 15.5 Å². The summed E-state index contributed by atoms with van der Waals surface area (Å²) in [5.41, 5.74) is 0.0155. The van der Waals surface area contributed by atoms with Crippen LogP contribution in [0.5, 0.6) is 0 Å². The SMILES string of the molecule is CC(NC(=O)O)c1nc2cccn2c(=O)n1-c1ccon1. The molecular weight excluding hydrogens is 278 g/mol. The van der Waals surface area contributed by atoms with E-state index >= 15 is 0 Å². The fourth-order valence-corrected chi connectivity index (χ4v) is 2.07. The van der Waals surface area contributed by atoms with Gasteiger partial charge in [0.05, 0.1) is 6.04 Å². The Balaban J connectivity index is 2.28. The Labute approximate surface area is 117 Å². The Bertz CT molecular complexity index is 848. The monoisotopic (exact) mass is 289 g/mol. The van der Waals surface area contributed by atoms with Crippen molar-refractivity contribution in [2.75, 3.05) is 0 Å². The molecule has 1 unspecified atom stereocenters. The smallest absolute Gasteiger partial charge is 0.405 e. The van der Waals surface area contributed by atoms with Crippen molar-refractivity contribution in [3.63, 3.8) is 0 Å². The van der Waals surface area contributed by atoms with Crippen molar-refractivity contribution in [1.82, 2.24) is 24.4 Å². The van der Waals surface area contributed by atoms with Gasteiger partial charge in [-0.1, -0.05) is 5.16 Å². The highest BCUT2D eigenvalue weighted by Gasteiger charge is 2.20. The molecule has 0 saturated carbocycles. The molecule has 3 rings (SSSR count). The molecule has 1 atom stereocenters. The van der Waals surface area contributed by atoms with Crippen LogP contribution in [0, 0.1) is 0 Å². The molecule has 0 aromatic carbocycles. The Morgan fingerprint density at radius 1 is 1.48 bits per heavy atom. The average Bonchev–Trinajstić information content (AvgIpc) is 3.08. The van der Waals surface area contributed by atoms with E-state index in [0.717, 1.165) is 0 Å². The summed E-state index contributed by atoms with van der Waals surface area (Å²) in [6.45, 7) is 1.59. The van der Waals surface area contributed by atoms with Gasteiger partial charge in [-0.2, -0.15) is 0 Å². The second-order valence-corrected chi connectivity index (χ2v) is 4.35. The van der Waals surface area contributed by atoms with Gasteiger partial charge in [0.25, 0.3) is 0 Å². The first kappa shape index (κ1) is 12.9. The van der Waals surface area contributed by atoms with Gasteiger partial charge in [0, 0.05) is 12.3 Å². The predicted octanol–water partition coefficient (Wildman–Crippen LogP) is 0.802. The minimum Gasteiger partial charge on any atom is -0.465 e. The molecule has 108 valence electrons. The molecule has 0 aliphatic heterocycles. The second-order valence-electron chi connectivity index (χ2n) is 4.35. The first-order valence-electron chi connectivity index (χ1n) is 6.08. The summed E-state index contributed by atoms with van der Waals surface area (Å²) in [5, 5.41) is 14.8. The number of amides is 1. The van der Waals surface area contributed by atoms with Crippen molar-refractivity contribution >= 4 is 11.7 Å². The molecule has 9 nitrogen and oxygen atoms in total. The molecule has 0 aliphatic rings. The van der Waals surface area contributed by atoms with Crippen LogP contribution in [-0.2, 0) is 0 Å². The number of aromatic nitrogens is 4. The summed E-state index contributed by atoms with van der Waals surface area (Å²) in [6, 6.07) is 4.13. The quantitative estimate of drug-likeness (QED) is 0.737. The zero-order chi connectivity index (χ0) is 15.0. The van der Waals surface area contributed by atoms with E-state index in [1.165, 1.54) is 21.3 Å². The van der Waals surface area contributed by atoms with Gasteiger partial charge in [-0.15, -0.1) is 0 Å². The molecule has 0 fully saturated rings. The topological polar surface area (TPSA) is 115 Å². The molecule has 3 aromatic rings. The van der Waals surface area contributed by atoms with E-state index in [-0.39, 0.29) is 11.6 Å². The van der Waals surface area contributed by atoms with E-state index in [9.17, 15) is 9.59 Å². The largest absolute Gasteiger partial charge is 0.465 e. The Hall–Kier alpha value is -3.10. The fraction of sp³-hybridized carbons (Fsp3) is 0.167. The zero-order valence-corrected chi connectivity index (χ0v) is 10.9. The van der Waals surface area contributed by atoms with Crippen LogP contribution in [0.25, 0.3) is 11.5 Å². The van der Waals surface area contributed by atoms with Gasteiger partial charge in [0.15, 0.2) is 5.82 Å². The Kier molecular flexibility index (Phi) is 2.94. The summed E-state index contributed by atoms with van der Waals surface area (Å²) in [7, 11) is 0. The van der Waals surface area contributed by atoms with Crippen LogP contribution in [0.1, 0.15) is 18.8 Å². The lowest BCUT2D eigenvalue weighted by molar-refractivity contribution is 0.190. The minimum absolute atomic E-state index is 0.225. The van der Waals surface area contributed by atoms with Crippen molar-refractivity contribution in [1.29, 1.82) is 0 Å². The normalized spacial score (nSPS) is 12.4. The second kappa shape index (κ2) is 4.78. The first-order valence-corrected chi connectivity index (χ1v) is 6.08. The van der Waals surface area contributed by atoms with Crippen LogP contribution in [0.4, 0.5) is 4.79 Å². The Morgan fingerprint density at radius 3 is 2.95 bits per heavy atom. The van der Waals surface area contributed by atoms with Gasteiger partial charge in [0.2, 0.25) is 0 Å². The van der Waals surface area contributed by atoms with Crippen molar-refractivity contribution < 1.29 is 14.4 Å². The molecule has 0 aliphatic carbocycles. The molecule has 3 heterocycles. The van der Waals surface area contributed by atoms with Crippen molar-refractivity contribution in [3.8, 4) is 5.82 Å². The lowest BCUT2D eigenvalue weighted by atomic mass is 10.3. The molecule has 9 heteroatoms. The highest BCUT2D eigenvalue weighted by atomic mass is 16.5. The maximum Gasteiger partial charge on any atom is 0.405 e. The molecular formula is C12H11N5O4. The van der Waals surface area contributed by atoms with Crippen LogP contribution in [0.15, 0.2) is 40.0 Å². The lowest BCUT2D eigenvalue weighted by Crippen LogP contribution is -2.35. The minimum atomic E-state index is -1.21. The standard InChI is InChI=1S/C12H11N5O4/c1-7(13-11(18)19)10-14-8-3-2-5-16(8)12(20)17(10)9-4-6-21-15-9/h2-7,13H,1H3,(H,18,19). The lowest BCUT2D eigenvalue weighted by Gasteiger charge is -2.15. The molecule has 3 aromatic heterocycles. The maximum absolute atomic E-state index is 12.5. The number of carbonyl (C=O) groups is 1. The number of carboxylic acid groups (broad SMARTS) is 1. The molecule has 1 amide bonds. The van der Waals surface area contributed by atoms with Crippen LogP contribution < -0.4 is 11.0 Å². The van der Waals surface area contributed by atoms with Crippen molar-refractivity contribution in [2.24, 2.45) is 0 Å². The van der Waals surface area contributed by atoms with E-state index in [1.807, 2.05) is 0 Å². The molecule has 0 spiro atoms. The number of nitrogens with zero attached hydrogens (tertiary/aromatic N) is 4. The zero-order valence-electron chi connectivity index (χ0n) is 10.9. The number of hydrogen-bond acceptors (Lipinski definition) is 5. The van der Waals surface area contributed by atoms with E-state index in [1.54, 1.807) is 25.3 Å². The van der Waals surface area contributed by atoms with Crippen LogP contribution in [0.3, 0.4) is 0 Å². The van der Waals surface area contributed by atoms with Crippen molar-refractivity contribution in [2.45, 2.75) is 13.0 Å². The molecule has 21 heavy (non-hydrogen) atoms. The molecule has 0 bridgehead atoms. The van der Waals surface area contributed by atoms with Crippen LogP contribution >= 0.6 is 0 Å². The summed E-state index contributed by atoms with van der Waals surface area (Å²) < 4.78 is 7.29. The fourth-order valence-electron chi connectivity index (χ4n) is 2.07. The summed E-state index contributed by atoms with van der Waals surface area (Å²) in [6.07, 6.45) is 1.68. The maximum atomic E-state index is 12.5. The molecule has 0 radical (unpaired) electrons. The number of hydrogen-bond donors (Lipinski definition) is 2. The third-order valence-corrected chi connectivity index (χ3v) is 2.96. The predicted molar refractivity (Wildman–Crippen MR) is 70.4 cm³/mol. The molecule has 2 N–H and O–H groups in total. The number of fused-ring (bicyclic) bond motifs is 1. The summed E-state index contributed by atoms with van der Waals surface area (Å²) >= 11 is 0.